The lowest BCUT2D eigenvalue weighted by molar-refractivity contribution is 0.102. The maximum absolute atomic E-state index is 14.6. The summed E-state index contributed by atoms with van der Waals surface area (Å²) in [6, 6.07) is 10.3. The summed E-state index contributed by atoms with van der Waals surface area (Å²) in [5.74, 6) is -0.642. The molecule has 11 heteroatoms. The molecule has 0 spiro atoms. The van der Waals surface area contributed by atoms with Gasteiger partial charge in [-0.05, 0) is 62.4 Å². The smallest absolute Gasteiger partial charge is 0.255 e. The molecule has 4 aromatic rings. The number of likely N-dealkylation sites (N-methyl/N-ethyl adjacent to an activating group) is 1. The molecule has 8 nitrogen and oxygen atoms in total. The predicted molar refractivity (Wildman–Crippen MR) is 148 cm³/mol. The summed E-state index contributed by atoms with van der Waals surface area (Å²) in [6.45, 7) is 4.32. The molecule has 1 unspecified atom stereocenters. The molecule has 1 amide bonds. The first-order chi connectivity index (χ1) is 18.9. The van der Waals surface area contributed by atoms with Crippen molar-refractivity contribution in [3.8, 4) is 0 Å². The van der Waals surface area contributed by atoms with Gasteiger partial charge in [-0.25, -0.2) is 18.3 Å². The van der Waals surface area contributed by atoms with Crippen molar-refractivity contribution in [2.75, 3.05) is 54.9 Å². The van der Waals surface area contributed by atoms with E-state index in [9.17, 15) is 13.6 Å². The number of nitrogens with zero attached hydrogens (tertiary/aromatic N) is 6. The Labute approximate surface area is 229 Å². The van der Waals surface area contributed by atoms with Crippen molar-refractivity contribution >= 4 is 40.3 Å². The van der Waals surface area contributed by atoms with E-state index in [1.807, 2.05) is 11.0 Å². The zero-order valence-electron chi connectivity index (χ0n) is 21.4. The van der Waals surface area contributed by atoms with E-state index in [1.165, 1.54) is 12.3 Å². The average Bonchev–Trinajstić information content (AvgIpc) is 3.58. The van der Waals surface area contributed by atoms with Crippen molar-refractivity contribution in [3.05, 3.63) is 82.6 Å². The summed E-state index contributed by atoms with van der Waals surface area (Å²) in [7, 11) is 2.10. The van der Waals surface area contributed by atoms with Crippen molar-refractivity contribution in [1.29, 1.82) is 0 Å². The number of rotatable bonds is 5. The van der Waals surface area contributed by atoms with Crippen LogP contribution in [0.3, 0.4) is 0 Å². The first-order valence-corrected chi connectivity index (χ1v) is 13.4. The average molecular weight is 552 g/mol. The second-order valence-corrected chi connectivity index (χ2v) is 10.4. The van der Waals surface area contributed by atoms with Crippen molar-refractivity contribution in [2.45, 2.75) is 18.9 Å². The van der Waals surface area contributed by atoms with E-state index in [0.717, 1.165) is 50.4 Å². The predicted octanol–water partition coefficient (Wildman–Crippen LogP) is 5.01. The van der Waals surface area contributed by atoms with Crippen LogP contribution in [-0.4, -0.2) is 65.2 Å². The fraction of sp³-hybridized carbons (Fsp3) is 0.321. The molecule has 0 saturated carbocycles. The van der Waals surface area contributed by atoms with Gasteiger partial charge in [0.2, 0.25) is 0 Å². The van der Waals surface area contributed by atoms with Gasteiger partial charge in [0.1, 0.15) is 23.1 Å². The molecule has 4 heterocycles. The Kier molecular flexibility index (Phi) is 6.82. The maximum atomic E-state index is 14.6. The van der Waals surface area contributed by atoms with E-state index in [0.29, 0.717) is 46.3 Å². The topological polar surface area (TPSA) is 69.0 Å². The van der Waals surface area contributed by atoms with Crippen LogP contribution in [0.25, 0.3) is 5.65 Å². The van der Waals surface area contributed by atoms with Gasteiger partial charge in [0.15, 0.2) is 5.65 Å². The number of benzene rings is 2. The highest BCUT2D eigenvalue weighted by atomic mass is 35.5. The Morgan fingerprint density at radius 2 is 1.87 bits per heavy atom. The van der Waals surface area contributed by atoms with Crippen LogP contribution < -0.4 is 15.1 Å². The van der Waals surface area contributed by atoms with Gasteiger partial charge in [-0.3, -0.25) is 4.79 Å². The minimum Gasteiger partial charge on any atom is -0.368 e. The van der Waals surface area contributed by atoms with Gasteiger partial charge in [0.25, 0.3) is 5.91 Å². The Morgan fingerprint density at radius 3 is 2.67 bits per heavy atom. The fourth-order valence-corrected chi connectivity index (χ4v) is 5.69. The number of aromatic nitrogens is 3. The Bertz CT molecular complexity index is 1540. The SMILES string of the molecule is CN1CCN(c2ccc(C(=O)Nc3cnn4ccc(N5CCCC5c5cc(F)ccc5F)nc34)cc2Cl)CC1. The number of anilines is 3. The van der Waals surface area contributed by atoms with Crippen molar-refractivity contribution < 1.29 is 13.6 Å². The van der Waals surface area contributed by atoms with Gasteiger partial charge in [0, 0.05) is 50.0 Å². The lowest BCUT2D eigenvalue weighted by Crippen LogP contribution is -2.44. The van der Waals surface area contributed by atoms with E-state index < -0.39 is 11.6 Å². The quantitative estimate of drug-likeness (QED) is 0.376. The molecule has 1 N–H and O–H groups in total. The number of amides is 1. The van der Waals surface area contributed by atoms with Crippen LogP contribution in [0.15, 0.2) is 54.9 Å². The third-order valence-electron chi connectivity index (χ3n) is 7.52. The lowest BCUT2D eigenvalue weighted by Gasteiger charge is -2.34. The molecule has 1 atom stereocenters. The highest BCUT2D eigenvalue weighted by Crippen LogP contribution is 2.37. The number of carbonyl (C=O) groups excluding carboxylic acids is 1. The van der Waals surface area contributed by atoms with Crippen LogP contribution >= 0.6 is 11.6 Å². The summed E-state index contributed by atoms with van der Waals surface area (Å²) >= 11 is 6.58. The van der Waals surface area contributed by atoms with Gasteiger partial charge in [-0.2, -0.15) is 5.10 Å². The van der Waals surface area contributed by atoms with E-state index >= 15 is 0 Å². The van der Waals surface area contributed by atoms with Crippen molar-refractivity contribution in [2.24, 2.45) is 0 Å². The largest absolute Gasteiger partial charge is 0.368 e. The van der Waals surface area contributed by atoms with E-state index in [4.69, 9.17) is 16.6 Å². The van der Waals surface area contributed by atoms with Gasteiger partial charge in [-0.1, -0.05) is 11.6 Å². The minimum absolute atomic E-state index is 0.313. The summed E-state index contributed by atoms with van der Waals surface area (Å²) in [6.07, 6.45) is 4.78. The second-order valence-electron chi connectivity index (χ2n) is 10.0. The highest BCUT2D eigenvalue weighted by molar-refractivity contribution is 6.33. The van der Waals surface area contributed by atoms with Crippen LogP contribution in [0, 0.1) is 11.6 Å². The molecular weight excluding hydrogens is 524 g/mol. The molecule has 2 aliphatic heterocycles. The summed E-state index contributed by atoms with van der Waals surface area (Å²) in [4.78, 5) is 24.4. The monoisotopic (exact) mass is 551 g/mol. The first-order valence-electron chi connectivity index (χ1n) is 13.0. The zero-order chi connectivity index (χ0) is 27.1. The van der Waals surface area contributed by atoms with Gasteiger partial charge < -0.3 is 20.0 Å². The van der Waals surface area contributed by atoms with Gasteiger partial charge in [-0.15, -0.1) is 0 Å². The summed E-state index contributed by atoms with van der Waals surface area (Å²) in [5.41, 5.74) is 2.54. The molecular formula is C28H28ClF2N7O. The molecule has 2 aromatic carbocycles. The molecule has 2 fully saturated rings. The van der Waals surface area contributed by atoms with Crippen LogP contribution in [-0.2, 0) is 0 Å². The zero-order valence-corrected chi connectivity index (χ0v) is 22.2. The maximum Gasteiger partial charge on any atom is 0.255 e. The Balaban J connectivity index is 1.23. The van der Waals surface area contributed by atoms with Gasteiger partial charge in [0.05, 0.1) is 22.9 Å². The third-order valence-corrected chi connectivity index (χ3v) is 7.82. The van der Waals surface area contributed by atoms with Crippen LogP contribution in [0.1, 0.15) is 34.8 Å². The molecule has 2 aliphatic rings. The van der Waals surface area contributed by atoms with E-state index in [2.05, 4.69) is 27.3 Å². The molecule has 2 saturated heterocycles. The Morgan fingerprint density at radius 1 is 1.05 bits per heavy atom. The lowest BCUT2D eigenvalue weighted by atomic mass is 10.0. The van der Waals surface area contributed by atoms with Gasteiger partial charge >= 0.3 is 0 Å². The number of carbonyl (C=O) groups is 1. The van der Waals surface area contributed by atoms with Crippen LogP contribution in [0.5, 0.6) is 0 Å². The van der Waals surface area contributed by atoms with Crippen LogP contribution in [0.4, 0.5) is 26.0 Å². The molecule has 2 aromatic heterocycles. The highest BCUT2D eigenvalue weighted by Gasteiger charge is 2.30. The van der Waals surface area contributed by atoms with E-state index in [1.54, 1.807) is 28.9 Å². The minimum atomic E-state index is -0.473. The fourth-order valence-electron chi connectivity index (χ4n) is 5.39. The molecule has 39 heavy (non-hydrogen) atoms. The standard InChI is InChI=1S/C28H28ClF2N7O/c1-35-11-13-36(14-12-35)25-7-4-18(15-21(25)29)28(39)33-23-17-32-38-10-8-26(34-27(23)38)37-9-2-3-24(37)20-16-19(30)5-6-22(20)31/h4-8,10,15-17,24H,2-3,9,11-14H2,1H3,(H,33,39). The Hall–Kier alpha value is -3.76. The number of hydrogen-bond acceptors (Lipinski definition) is 6. The molecule has 0 aliphatic carbocycles. The van der Waals surface area contributed by atoms with Crippen molar-refractivity contribution in [1.82, 2.24) is 19.5 Å². The number of piperazine rings is 1. The molecule has 202 valence electrons. The van der Waals surface area contributed by atoms with Crippen molar-refractivity contribution in [3.63, 3.8) is 0 Å². The van der Waals surface area contributed by atoms with E-state index in [-0.39, 0.29) is 11.9 Å². The normalized spacial score (nSPS) is 18.2. The molecule has 0 radical (unpaired) electrons. The molecule has 6 rings (SSSR count). The summed E-state index contributed by atoms with van der Waals surface area (Å²) < 4.78 is 30.0. The second kappa shape index (κ2) is 10.4. The van der Waals surface area contributed by atoms with Crippen LogP contribution in [0.2, 0.25) is 5.02 Å². The third kappa shape index (κ3) is 5.02. The summed E-state index contributed by atoms with van der Waals surface area (Å²) in [5, 5.41) is 7.73. The number of hydrogen-bond donors (Lipinski definition) is 1. The first kappa shape index (κ1) is 25.5. The molecule has 0 bridgehead atoms. The number of fused-ring (bicyclic) bond motifs is 1. The number of halogens is 3. The number of nitrogens with one attached hydrogen (secondary N) is 1.